The van der Waals surface area contributed by atoms with Crippen LogP contribution in [-0.2, 0) is 0 Å². The Morgan fingerprint density at radius 3 is 2.22 bits per heavy atom. The molecule has 0 spiro atoms. The van der Waals surface area contributed by atoms with E-state index < -0.39 is 0 Å². The highest BCUT2D eigenvalue weighted by atomic mass is 32.1. The van der Waals surface area contributed by atoms with Crippen molar-refractivity contribution in [2.75, 3.05) is 11.9 Å². The third-order valence-electron chi connectivity index (χ3n) is 2.84. The van der Waals surface area contributed by atoms with E-state index in [1.165, 1.54) is 5.56 Å². The second kappa shape index (κ2) is 7.37. The maximum absolute atomic E-state index is 5.25. The topological polar surface area (TPSA) is 24.1 Å². The van der Waals surface area contributed by atoms with Gasteiger partial charge in [0.2, 0.25) is 0 Å². The van der Waals surface area contributed by atoms with Gasteiger partial charge in [0.15, 0.2) is 5.11 Å². The molecule has 0 fully saturated rings. The number of nitrogens with one attached hydrogen (secondary N) is 2. The predicted octanol–water partition coefficient (Wildman–Crippen LogP) is 4.14. The SMILES string of the molecule is CC(C)CCNC(=S)Nc1ccc(C(C)C)cc1. The lowest BCUT2D eigenvalue weighted by molar-refractivity contribution is 0.579. The van der Waals surface area contributed by atoms with Crippen molar-refractivity contribution in [3.63, 3.8) is 0 Å². The zero-order chi connectivity index (χ0) is 13.5. The molecule has 0 amide bonds. The van der Waals surface area contributed by atoms with Gasteiger partial charge in [0.1, 0.15) is 0 Å². The first-order chi connectivity index (χ1) is 8.49. The molecule has 0 bridgehead atoms. The molecule has 0 heterocycles. The first-order valence-electron chi connectivity index (χ1n) is 6.64. The molecule has 0 saturated heterocycles. The average Bonchev–Trinajstić information content (AvgIpc) is 2.29. The van der Waals surface area contributed by atoms with Crippen molar-refractivity contribution in [3.8, 4) is 0 Å². The molecule has 0 atom stereocenters. The van der Waals surface area contributed by atoms with Crippen LogP contribution in [0.4, 0.5) is 5.69 Å². The highest BCUT2D eigenvalue weighted by Gasteiger charge is 2.01. The van der Waals surface area contributed by atoms with Crippen molar-refractivity contribution < 1.29 is 0 Å². The third kappa shape index (κ3) is 5.50. The van der Waals surface area contributed by atoms with Gasteiger partial charge in [-0.05, 0) is 48.2 Å². The minimum absolute atomic E-state index is 0.565. The molecular weight excluding hydrogens is 240 g/mol. The van der Waals surface area contributed by atoms with Crippen molar-refractivity contribution in [2.24, 2.45) is 5.92 Å². The zero-order valence-corrected chi connectivity index (χ0v) is 12.6. The van der Waals surface area contributed by atoms with Crippen LogP contribution in [0.25, 0.3) is 0 Å². The van der Waals surface area contributed by atoms with Gasteiger partial charge in [0.05, 0.1) is 0 Å². The molecule has 2 N–H and O–H groups in total. The third-order valence-corrected chi connectivity index (χ3v) is 3.09. The van der Waals surface area contributed by atoms with Crippen LogP contribution in [0.2, 0.25) is 0 Å². The summed E-state index contributed by atoms with van der Waals surface area (Å²) in [6.45, 7) is 9.74. The van der Waals surface area contributed by atoms with Gasteiger partial charge in [-0.25, -0.2) is 0 Å². The van der Waals surface area contributed by atoms with Crippen molar-refractivity contribution >= 4 is 23.0 Å². The minimum atomic E-state index is 0.565. The number of benzene rings is 1. The maximum atomic E-state index is 5.25. The number of hydrogen-bond donors (Lipinski definition) is 2. The largest absolute Gasteiger partial charge is 0.362 e. The Hall–Kier alpha value is -1.09. The molecule has 1 rings (SSSR count). The van der Waals surface area contributed by atoms with Crippen molar-refractivity contribution in [2.45, 2.75) is 40.0 Å². The summed E-state index contributed by atoms with van der Waals surface area (Å²) in [5, 5.41) is 7.12. The van der Waals surface area contributed by atoms with Crippen LogP contribution in [0.3, 0.4) is 0 Å². The molecule has 0 aliphatic heterocycles. The first kappa shape index (κ1) is 15.0. The lowest BCUT2D eigenvalue weighted by Gasteiger charge is -2.12. The van der Waals surface area contributed by atoms with Crippen molar-refractivity contribution in [3.05, 3.63) is 29.8 Å². The van der Waals surface area contributed by atoms with Gasteiger partial charge < -0.3 is 10.6 Å². The summed E-state index contributed by atoms with van der Waals surface area (Å²) in [6.07, 6.45) is 1.13. The zero-order valence-electron chi connectivity index (χ0n) is 11.8. The molecule has 2 nitrogen and oxygen atoms in total. The lowest BCUT2D eigenvalue weighted by atomic mass is 10.0. The molecule has 0 unspecified atom stereocenters. The van der Waals surface area contributed by atoms with E-state index in [0.29, 0.717) is 16.9 Å². The summed E-state index contributed by atoms with van der Waals surface area (Å²) in [5.41, 5.74) is 2.39. The Morgan fingerprint density at radius 1 is 1.11 bits per heavy atom. The summed E-state index contributed by atoms with van der Waals surface area (Å²) >= 11 is 5.25. The summed E-state index contributed by atoms with van der Waals surface area (Å²) in [4.78, 5) is 0. The normalized spacial score (nSPS) is 10.8. The Balaban J connectivity index is 2.40. The highest BCUT2D eigenvalue weighted by molar-refractivity contribution is 7.80. The van der Waals surface area contributed by atoms with Crippen LogP contribution in [-0.4, -0.2) is 11.7 Å². The van der Waals surface area contributed by atoms with E-state index in [1.807, 2.05) is 0 Å². The van der Waals surface area contributed by atoms with Gasteiger partial charge in [0.25, 0.3) is 0 Å². The van der Waals surface area contributed by atoms with Gasteiger partial charge >= 0.3 is 0 Å². The van der Waals surface area contributed by atoms with Gasteiger partial charge in [0, 0.05) is 12.2 Å². The Labute approximate surface area is 116 Å². The Morgan fingerprint density at radius 2 is 1.72 bits per heavy atom. The van der Waals surface area contributed by atoms with Crippen molar-refractivity contribution in [1.82, 2.24) is 5.32 Å². The Kier molecular flexibility index (Phi) is 6.13. The van der Waals surface area contributed by atoms with Gasteiger partial charge in [-0.3, -0.25) is 0 Å². The van der Waals surface area contributed by atoms with Crippen LogP contribution in [0, 0.1) is 5.92 Å². The van der Waals surface area contributed by atoms with E-state index in [4.69, 9.17) is 12.2 Å². The molecule has 0 radical (unpaired) electrons. The Bertz CT molecular complexity index is 369. The summed E-state index contributed by atoms with van der Waals surface area (Å²) in [7, 11) is 0. The second-order valence-electron chi connectivity index (χ2n) is 5.34. The fraction of sp³-hybridized carbons (Fsp3) is 0.533. The summed E-state index contributed by atoms with van der Waals surface area (Å²) in [6, 6.07) is 8.44. The molecule has 100 valence electrons. The molecule has 0 saturated carbocycles. The van der Waals surface area contributed by atoms with E-state index in [-0.39, 0.29) is 0 Å². The number of anilines is 1. The van der Waals surface area contributed by atoms with Gasteiger partial charge in [-0.1, -0.05) is 39.8 Å². The quantitative estimate of drug-likeness (QED) is 0.782. The fourth-order valence-corrected chi connectivity index (χ4v) is 1.82. The molecule has 0 aromatic heterocycles. The molecule has 1 aromatic carbocycles. The van der Waals surface area contributed by atoms with Crippen LogP contribution >= 0.6 is 12.2 Å². The van der Waals surface area contributed by atoms with E-state index >= 15 is 0 Å². The van der Waals surface area contributed by atoms with Crippen LogP contribution in [0.15, 0.2) is 24.3 Å². The van der Waals surface area contributed by atoms with Crippen molar-refractivity contribution in [1.29, 1.82) is 0 Å². The van der Waals surface area contributed by atoms with E-state index in [1.54, 1.807) is 0 Å². The average molecular weight is 264 g/mol. The molecule has 0 aliphatic carbocycles. The minimum Gasteiger partial charge on any atom is -0.362 e. The van der Waals surface area contributed by atoms with E-state index in [2.05, 4.69) is 62.6 Å². The molecular formula is C15H24N2S. The highest BCUT2D eigenvalue weighted by Crippen LogP contribution is 2.16. The second-order valence-corrected chi connectivity index (χ2v) is 5.75. The van der Waals surface area contributed by atoms with Gasteiger partial charge in [-0.2, -0.15) is 0 Å². The van der Waals surface area contributed by atoms with Crippen LogP contribution in [0.1, 0.15) is 45.6 Å². The molecule has 0 aliphatic rings. The first-order valence-corrected chi connectivity index (χ1v) is 7.04. The molecule has 3 heteroatoms. The number of rotatable bonds is 5. The fourth-order valence-electron chi connectivity index (χ4n) is 1.60. The maximum Gasteiger partial charge on any atom is 0.170 e. The smallest absolute Gasteiger partial charge is 0.170 e. The molecule has 18 heavy (non-hydrogen) atoms. The monoisotopic (exact) mass is 264 g/mol. The lowest BCUT2D eigenvalue weighted by Crippen LogP contribution is -2.29. The summed E-state index contributed by atoms with van der Waals surface area (Å²) < 4.78 is 0. The van der Waals surface area contributed by atoms with Crippen LogP contribution in [0.5, 0.6) is 0 Å². The number of hydrogen-bond acceptors (Lipinski definition) is 1. The van der Waals surface area contributed by atoms with E-state index in [0.717, 1.165) is 18.7 Å². The molecule has 1 aromatic rings. The predicted molar refractivity (Wildman–Crippen MR) is 84.2 cm³/mol. The van der Waals surface area contributed by atoms with E-state index in [9.17, 15) is 0 Å². The van der Waals surface area contributed by atoms with Crippen LogP contribution < -0.4 is 10.6 Å². The summed E-state index contributed by atoms with van der Waals surface area (Å²) in [5.74, 6) is 1.26. The van der Waals surface area contributed by atoms with Gasteiger partial charge in [-0.15, -0.1) is 0 Å². The standard InChI is InChI=1S/C15H24N2S/c1-11(2)9-10-16-15(18)17-14-7-5-13(6-8-14)12(3)4/h5-8,11-12H,9-10H2,1-4H3,(H2,16,17,18). The number of thiocarbonyl (C=S) groups is 1.